The average molecular weight is 328 g/mol. The van der Waals surface area contributed by atoms with Crippen molar-refractivity contribution in [3.63, 3.8) is 0 Å². The predicted molar refractivity (Wildman–Crippen MR) is 99.5 cm³/mol. The highest BCUT2D eigenvalue weighted by Gasteiger charge is 2.15. The molecule has 0 unspecified atom stereocenters. The zero-order chi connectivity index (χ0) is 17.5. The topological polar surface area (TPSA) is 62.0 Å². The molecule has 122 valence electrons. The fourth-order valence-electron chi connectivity index (χ4n) is 2.27. The van der Waals surface area contributed by atoms with Crippen molar-refractivity contribution in [3.8, 4) is 5.75 Å². The summed E-state index contributed by atoms with van der Waals surface area (Å²) in [5.74, 6) is -0.000428. The summed E-state index contributed by atoms with van der Waals surface area (Å²) in [5.41, 5.74) is 2.33. The van der Waals surface area contributed by atoms with Crippen LogP contribution < -0.4 is 0 Å². The standard InChI is InChI=1S/C21H16N2O2/c24-19-13-11-16(12-14-19)15-22-23-20(17-7-3-1-4-8-17)21(25)18-9-5-2-6-10-18/h1-15,24H/b22-15+,23-20?. The highest BCUT2D eigenvalue weighted by molar-refractivity contribution is 6.51. The van der Waals surface area contributed by atoms with E-state index in [0.29, 0.717) is 11.1 Å². The lowest BCUT2D eigenvalue weighted by molar-refractivity contribution is 0.106. The molecule has 0 aliphatic rings. The van der Waals surface area contributed by atoms with Gasteiger partial charge in [0, 0.05) is 11.1 Å². The number of hydrogen-bond donors (Lipinski definition) is 1. The summed E-state index contributed by atoms with van der Waals surface area (Å²) in [6.07, 6.45) is 1.54. The molecule has 3 aromatic rings. The van der Waals surface area contributed by atoms with Crippen molar-refractivity contribution in [2.24, 2.45) is 10.2 Å². The molecule has 4 nitrogen and oxygen atoms in total. The van der Waals surface area contributed by atoms with Gasteiger partial charge >= 0.3 is 0 Å². The van der Waals surface area contributed by atoms with Crippen LogP contribution in [0.2, 0.25) is 0 Å². The number of hydrogen-bond acceptors (Lipinski definition) is 4. The van der Waals surface area contributed by atoms with E-state index in [1.165, 1.54) is 0 Å². The molecule has 1 N–H and O–H groups in total. The summed E-state index contributed by atoms with van der Waals surface area (Å²) in [6.45, 7) is 0. The highest BCUT2D eigenvalue weighted by atomic mass is 16.3. The van der Waals surface area contributed by atoms with E-state index in [0.717, 1.165) is 5.56 Å². The van der Waals surface area contributed by atoms with E-state index in [1.807, 2.05) is 48.5 Å². The second kappa shape index (κ2) is 7.84. The van der Waals surface area contributed by atoms with Crippen molar-refractivity contribution < 1.29 is 9.90 Å². The van der Waals surface area contributed by atoms with Gasteiger partial charge in [-0.3, -0.25) is 4.79 Å². The molecule has 0 saturated heterocycles. The molecule has 3 rings (SSSR count). The Labute approximate surface area is 145 Å². The smallest absolute Gasteiger partial charge is 0.213 e. The molecule has 0 radical (unpaired) electrons. The quantitative estimate of drug-likeness (QED) is 0.435. The Hall–Kier alpha value is -3.53. The van der Waals surface area contributed by atoms with Crippen molar-refractivity contribution in [3.05, 3.63) is 102 Å². The third kappa shape index (κ3) is 4.26. The van der Waals surface area contributed by atoms with E-state index in [9.17, 15) is 9.90 Å². The third-order valence-corrected chi connectivity index (χ3v) is 3.56. The van der Waals surface area contributed by atoms with E-state index in [4.69, 9.17) is 0 Å². The monoisotopic (exact) mass is 328 g/mol. The molecule has 0 aromatic heterocycles. The Morgan fingerprint density at radius 3 is 1.92 bits per heavy atom. The summed E-state index contributed by atoms with van der Waals surface area (Å²) >= 11 is 0. The number of phenols is 1. The third-order valence-electron chi connectivity index (χ3n) is 3.56. The number of Topliss-reactive ketones (excluding diaryl/α,β-unsaturated/α-hetero) is 1. The molecule has 0 bridgehead atoms. The van der Waals surface area contributed by atoms with Crippen LogP contribution in [0.25, 0.3) is 0 Å². The van der Waals surface area contributed by atoms with Gasteiger partial charge in [0.25, 0.3) is 0 Å². The maximum Gasteiger partial charge on any atom is 0.213 e. The van der Waals surface area contributed by atoms with Gasteiger partial charge in [0.2, 0.25) is 5.78 Å². The molecule has 0 heterocycles. The predicted octanol–water partition coefficient (Wildman–Crippen LogP) is 4.10. The molecule has 25 heavy (non-hydrogen) atoms. The number of aromatic hydroxyl groups is 1. The van der Waals surface area contributed by atoms with Gasteiger partial charge < -0.3 is 5.11 Å². The van der Waals surface area contributed by atoms with Gasteiger partial charge in [0.05, 0.1) is 6.21 Å². The van der Waals surface area contributed by atoms with Gasteiger partial charge in [0.15, 0.2) is 0 Å². The van der Waals surface area contributed by atoms with Crippen molar-refractivity contribution in [2.45, 2.75) is 0 Å². The Bertz CT molecular complexity index is 900. The number of carbonyl (C=O) groups excluding carboxylic acids is 1. The fraction of sp³-hybridized carbons (Fsp3) is 0. The van der Waals surface area contributed by atoms with Crippen LogP contribution in [0.4, 0.5) is 0 Å². The lowest BCUT2D eigenvalue weighted by Crippen LogP contribution is -2.15. The summed E-state index contributed by atoms with van der Waals surface area (Å²) in [4.78, 5) is 12.8. The zero-order valence-corrected chi connectivity index (χ0v) is 13.4. The maximum absolute atomic E-state index is 12.8. The van der Waals surface area contributed by atoms with E-state index in [2.05, 4.69) is 10.2 Å². The Morgan fingerprint density at radius 1 is 0.760 bits per heavy atom. The van der Waals surface area contributed by atoms with E-state index < -0.39 is 0 Å². The van der Waals surface area contributed by atoms with Crippen LogP contribution in [0.1, 0.15) is 21.5 Å². The SMILES string of the molecule is O=C(C(=N/N=C/c1ccc(O)cc1)c1ccccc1)c1ccccc1. The minimum absolute atomic E-state index is 0.185. The number of ketones is 1. The van der Waals surface area contributed by atoms with Crippen LogP contribution in [0.5, 0.6) is 5.75 Å². The van der Waals surface area contributed by atoms with Crippen molar-refractivity contribution >= 4 is 17.7 Å². The largest absolute Gasteiger partial charge is 0.508 e. The number of carbonyl (C=O) groups is 1. The van der Waals surface area contributed by atoms with Crippen LogP contribution in [-0.4, -0.2) is 22.8 Å². The first kappa shape index (κ1) is 16.3. The maximum atomic E-state index is 12.8. The van der Waals surface area contributed by atoms with Gasteiger partial charge in [-0.15, -0.1) is 5.10 Å². The number of nitrogens with zero attached hydrogens (tertiary/aromatic N) is 2. The molecule has 0 spiro atoms. The normalized spacial score (nSPS) is 11.6. The molecule has 4 heteroatoms. The second-order valence-electron chi connectivity index (χ2n) is 5.35. The van der Waals surface area contributed by atoms with Crippen molar-refractivity contribution in [1.82, 2.24) is 0 Å². The summed E-state index contributed by atoms with van der Waals surface area (Å²) in [6, 6.07) is 24.8. The van der Waals surface area contributed by atoms with Gasteiger partial charge in [-0.25, -0.2) is 0 Å². The number of phenolic OH excluding ortho intramolecular Hbond substituents is 1. The van der Waals surface area contributed by atoms with E-state index in [-0.39, 0.29) is 17.2 Å². The lowest BCUT2D eigenvalue weighted by atomic mass is 10.0. The lowest BCUT2D eigenvalue weighted by Gasteiger charge is -2.04. The first-order valence-electron chi connectivity index (χ1n) is 7.79. The van der Waals surface area contributed by atoms with Gasteiger partial charge in [-0.05, 0) is 29.8 Å². The first-order valence-corrected chi connectivity index (χ1v) is 7.79. The van der Waals surface area contributed by atoms with E-state index >= 15 is 0 Å². The van der Waals surface area contributed by atoms with Gasteiger partial charge in [-0.1, -0.05) is 60.7 Å². The highest BCUT2D eigenvalue weighted by Crippen LogP contribution is 2.10. The fourth-order valence-corrected chi connectivity index (χ4v) is 2.27. The zero-order valence-electron chi connectivity index (χ0n) is 13.4. The number of benzene rings is 3. The minimum atomic E-state index is -0.186. The molecule has 0 fully saturated rings. The van der Waals surface area contributed by atoms with Crippen LogP contribution in [0.15, 0.2) is 95.1 Å². The summed E-state index contributed by atoms with van der Waals surface area (Å²) in [7, 11) is 0. The van der Waals surface area contributed by atoms with Crippen LogP contribution >= 0.6 is 0 Å². The Morgan fingerprint density at radius 2 is 1.32 bits per heavy atom. The molecule has 0 saturated carbocycles. The van der Waals surface area contributed by atoms with Crippen LogP contribution in [0, 0.1) is 0 Å². The number of rotatable bonds is 5. The van der Waals surface area contributed by atoms with Crippen LogP contribution in [-0.2, 0) is 0 Å². The van der Waals surface area contributed by atoms with Crippen LogP contribution in [0.3, 0.4) is 0 Å². The second-order valence-corrected chi connectivity index (χ2v) is 5.35. The summed E-state index contributed by atoms with van der Waals surface area (Å²) < 4.78 is 0. The average Bonchev–Trinajstić information content (AvgIpc) is 2.67. The van der Waals surface area contributed by atoms with Gasteiger partial charge in [0.1, 0.15) is 11.5 Å². The molecule has 0 amide bonds. The minimum Gasteiger partial charge on any atom is -0.508 e. The molecule has 0 aliphatic heterocycles. The Kier molecular flexibility index (Phi) is 5.12. The van der Waals surface area contributed by atoms with Crippen molar-refractivity contribution in [2.75, 3.05) is 0 Å². The summed E-state index contributed by atoms with van der Waals surface area (Å²) in [5, 5.41) is 17.5. The molecule has 3 aromatic carbocycles. The van der Waals surface area contributed by atoms with Crippen molar-refractivity contribution in [1.29, 1.82) is 0 Å². The molecule has 0 aliphatic carbocycles. The van der Waals surface area contributed by atoms with Gasteiger partial charge in [-0.2, -0.15) is 5.10 Å². The molecular weight excluding hydrogens is 312 g/mol. The Balaban J connectivity index is 1.94. The molecular formula is C21H16N2O2. The molecule has 0 atom stereocenters. The first-order chi connectivity index (χ1) is 12.2. The van der Waals surface area contributed by atoms with E-state index in [1.54, 1.807) is 42.6 Å².